The summed E-state index contributed by atoms with van der Waals surface area (Å²) < 4.78 is 4.53. The zero-order valence-electron chi connectivity index (χ0n) is 23.4. The Hall–Kier alpha value is -5.67. The average molecular weight is 550 g/mol. The second-order valence-electron chi connectivity index (χ2n) is 11.2. The summed E-state index contributed by atoms with van der Waals surface area (Å²) in [6, 6.07) is 54.8. The summed E-state index contributed by atoms with van der Waals surface area (Å²) in [7, 11) is 0. The van der Waals surface area contributed by atoms with Gasteiger partial charge in [-0.25, -0.2) is 4.98 Å². The zero-order valence-corrected chi connectivity index (χ0v) is 23.4. The number of hydrogen-bond donors (Lipinski definition) is 0. The molecule has 3 heterocycles. The van der Waals surface area contributed by atoms with Crippen molar-refractivity contribution in [3.05, 3.63) is 186 Å². The first-order chi connectivity index (χ1) is 21.3. The van der Waals surface area contributed by atoms with Gasteiger partial charge in [0.15, 0.2) is 0 Å². The van der Waals surface area contributed by atoms with E-state index >= 15 is 0 Å². The summed E-state index contributed by atoms with van der Waals surface area (Å²) in [6.45, 7) is 0. The van der Waals surface area contributed by atoms with Crippen LogP contribution in [0.3, 0.4) is 0 Å². The molecule has 0 aliphatic heterocycles. The molecule has 0 N–H and O–H groups in total. The Morgan fingerprint density at radius 1 is 0.558 bits per heavy atom. The molecule has 0 amide bonds. The molecule has 9 rings (SSSR count). The van der Waals surface area contributed by atoms with E-state index in [1.807, 2.05) is 24.4 Å². The van der Waals surface area contributed by atoms with Crippen molar-refractivity contribution in [2.24, 2.45) is 0 Å². The molecule has 1 aliphatic carbocycles. The van der Waals surface area contributed by atoms with Gasteiger partial charge in [0.1, 0.15) is 5.65 Å². The number of rotatable bonds is 4. The summed E-state index contributed by atoms with van der Waals surface area (Å²) in [5, 5.41) is 1.27. The van der Waals surface area contributed by atoms with Crippen molar-refractivity contribution in [1.82, 2.24) is 14.0 Å². The number of aromatic nitrogens is 3. The first kappa shape index (κ1) is 24.0. The summed E-state index contributed by atoms with van der Waals surface area (Å²) in [5.41, 5.74) is 12.6. The fourth-order valence-electron chi connectivity index (χ4n) is 7.29. The van der Waals surface area contributed by atoms with Crippen LogP contribution in [-0.4, -0.2) is 14.0 Å². The van der Waals surface area contributed by atoms with Crippen molar-refractivity contribution >= 4 is 16.6 Å². The van der Waals surface area contributed by atoms with E-state index in [1.165, 1.54) is 44.4 Å². The molecular weight excluding hydrogens is 522 g/mol. The molecule has 0 spiro atoms. The fourth-order valence-corrected chi connectivity index (χ4v) is 7.29. The van der Waals surface area contributed by atoms with Gasteiger partial charge in [0, 0.05) is 40.2 Å². The number of nitrogens with zero attached hydrogens (tertiary/aromatic N) is 3. The van der Waals surface area contributed by atoms with E-state index in [1.54, 1.807) is 0 Å². The molecular formula is C40H27N3. The molecule has 202 valence electrons. The average Bonchev–Trinajstić information content (AvgIpc) is 3.75. The van der Waals surface area contributed by atoms with Crippen LogP contribution < -0.4 is 0 Å². The minimum atomic E-state index is -0.449. The SMILES string of the molecule is c1ccc(C2(c3ccccc3)c3ccccc3-c3c2c2ccccc2n3-c2ccc(-c3cn4ccccc4n3)cc2)cc1. The van der Waals surface area contributed by atoms with Crippen molar-refractivity contribution in [3.63, 3.8) is 0 Å². The molecule has 43 heavy (non-hydrogen) atoms. The molecule has 0 fully saturated rings. The Morgan fingerprint density at radius 2 is 1.21 bits per heavy atom. The molecule has 0 saturated heterocycles. The highest BCUT2D eigenvalue weighted by Crippen LogP contribution is 2.59. The molecule has 0 saturated carbocycles. The number of fused-ring (bicyclic) bond motifs is 6. The summed E-state index contributed by atoms with van der Waals surface area (Å²) in [6.07, 6.45) is 4.13. The maximum absolute atomic E-state index is 4.86. The van der Waals surface area contributed by atoms with Crippen molar-refractivity contribution in [3.8, 4) is 28.2 Å². The summed E-state index contributed by atoms with van der Waals surface area (Å²) in [4.78, 5) is 4.86. The number of benzene rings is 5. The van der Waals surface area contributed by atoms with Gasteiger partial charge in [0.2, 0.25) is 0 Å². The van der Waals surface area contributed by atoms with Crippen LogP contribution in [0.5, 0.6) is 0 Å². The predicted octanol–water partition coefficient (Wildman–Crippen LogP) is 9.31. The maximum Gasteiger partial charge on any atom is 0.137 e. The molecule has 0 bridgehead atoms. The Kier molecular flexibility index (Phi) is 5.11. The number of imidazole rings is 1. The zero-order chi connectivity index (χ0) is 28.4. The molecule has 0 radical (unpaired) electrons. The lowest BCUT2D eigenvalue weighted by Gasteiger charge is -2.33. The second-order valence-corrected chi connectivity index (χ2v) is 11.2. The third-order valence-electron chi connectivity index (χ3n) is 9.03. The van der Waals surface area contributed by atoms with E-state index in [0.29, 0.717) is 0 Å². The van der Waals surface area contributed by atoms with E-state index in [2.05, 4.69) is 149 Å². The normalized spacial score (nSPS) is 13.3. The molecule has 8 aromatic rings. The Balaban J connectivity index is 1.34. The van der Waals surface area contributed by atoms with E-state index in [0.717, 1.165) is 22.6 Å². The second kappa shape index (κ2) is 9.17. The molecule has 0 atom stereocenters. The van der Waals surface area contributed by atoms with Crippen LogP contribution in [0.15, 0.2) is 164 Å². The van der Waals surface area contributed by atoms with Crippen molar-refractivity contribution in [2.75, 3.05) is 0 Å². The highest BCUT2D eigenvalue weighted by molar-refractivity contribution is 6.01. The lowest BCUT2D eigenvalue weighted by atomic mass is 9.67. The van der Waals surface area contributed by atoms with Crippen molar-refractivity contribution in [2.45, 2.75) is 5.41 Å². The lowest BCUT2D eigenvalue weighted by molar-refractivity contribution is 0.775. The number of pyridine rings is 1. The Bertz CT molecular complexity index is 2200. The largest absolute Gasteiger partial charge is 0.309 e. The van der Waals surface area contributed by atoms with E-state index in [-0.39, 0.29) is 0 Å². The monoisotopic (exact) mass is 549 g/mol. The van der Waals surface area contributed by atoms with Crippen LogP contribution >= 0.6 is 0 Å². The summed E-state index contributed by atoms with van der Waals surface area (Å²) in [5.74, 6) is 0. The van der Waals surface area contributed by atoms with Crippen LogP contribution in [0.4, 0.5) is 0 Å². The van der Waals surface area contributed by atoms with Gasteiger partial charge in [0.25, 0.3) is 0 Å². The smallest absolute Gasteiger partial charge is 0.137 e. The van der Waals surface area contributed by atoms with E-state index in [4.69, 9.17) is 4.98 Å². The fraction of sp³-hybridized carbons (Fsp3) is 0.0250. The number of para-hydroxylation sites is 1. The van der Waals surface area contributed by atoms with Gasteiger partial charge in [-0.1, -0.05) is 121 Å². The molecule has 0 unspecified atom stereocenters. The van der Waals surface area contributed by atoms with Crippen LogP contribution in [-0.2, 0) is 5.41 Å². The van der Waals surface area contributed by atoms with Gasteiger partial charge in [0.05, 0.1) is 22.3 Å². The standard InChI is InChI=1S/C40H27N3/c1-3-13-29(14-4-1)40(30-15-5-2-6-16-30)34-19-9-7-17-32(34)39-38(40)33-18-8-10-20-36(33)43(39)31-24-22-28(23-25-31)35-27-42-26-12-11-21-37(42)41-35/h1-27H. The first-order valence-corrected chi connectivity index (χ1v) is 14.7. The van der Waals surface area contributed by atoms with Gasteiger partial charge in [-0.2, -0.15) is 0 Å². The first-order valence-electron chi connectivity index (χ1n) is 14.7. The molecule has 3 heteroatoms. The molecule has 5 aromatic carbocycles. The third kappa shape index (κ3) is 3.33. The van der Waals surface area contributed by atoms with Crippen molar-refractivity contribution in [1.29, 1.82) is 0 Å². The lowest BCUT2D eigenvalue weighted by Crippen LogP contribution is -2.28. The molecule has 1 aliphatic rings. The van der Waals surface area contributed by atoms with Gasteiger partial charge < -0.3 is 8.97 Å². The van der Waals surface area contributed by atoms with E-state index in [9.17, 15) is 0 Å². The highest BCUT2D eigenvalue weighted by Gasteiger charge is 2.49. The topological polar surface area (TPSA) is 22.2 Å². The quantitative estimate of drug-likeness (QED) is 0.214. The third-order valence-corrected chi connectivity index (χ3v) is 9.03. The Labute approximate surface area is 250 Å². The van der Waals surface area contributed by atoms with Crippen LogP contribution in [0.2, 0.25) is 0 Å². The van der Waals surface area contributed by atoms with Gasteiger partial charge in [-0.15, -0.1) is 0 Å². The van der Waals surface area contributed by atoms with Crippen LogP contribution in [0.1, 0.15) is 22.3 Å². The highest BCUT2D eigenvalue weighted by atomic mass is 15.0. The van der Waals surface area contributed by atoms with Crippen LogP contribution in [0.25, 0.3) is 44.8 Å². The van der Waals surface area contributed by atoms with Crippen LogP contribution in [0, 0.1) is 0 Å². The Morgan fingerprint density at radius 3 is 1.95 bits per heavy atom. The molecule has 3 nitrogen and oxygen atoms in total. The van der Waals surface area contributed by atoms with Crippen molar-refractivity contribution < 1.29 is 0 Å². The van der Waals surface area contributed by atoms with Gasteiger partial charge in [-0.3, -0.25) is 0 Å². The van der Waals surface area contributed by atoms with Gasteiger partial charge in [-0.05, 0) is 47.0 Å². The predicted molar refractivity (Wildman–Crippen MR) is 175 cm³/mol. The van der Waals surface area contributed by atoms with E-state index < -0.39 is 5.41 Å². The summed E-state index contributed by atoms with van der Waals surface area (Å²) >= 11 is 0. The van der Waals surface area contributed by atoms with Gasteiger partial charge >= 0.3 is 0 Å². The number of hydrogen-bond acceptors (Lipinski definition) is 1. The molecule has 3 aromatic heterocycles. The minimum Gasteiger partial charge on any atom is -0.309 e. The maximum atomic E-state index is 4.86. The minimum absolute atomic E-state index is 0.449.